The largest absolute Gasteiger partial charge is 0.349 e. The molecule has 0 spiro atoms. The summed E-state index contributed by atoms with van der Waals surface area (Å²) in [4.78, 5) is 34.1. The molecule has 1 N–H and O–H groups in total. The van der Waals surface area contributed by atoms with Crippen LogP contribution in [0.5, 0.6) is 0 Å². The molecule has 9 heteroatoms. The molecule has 2 aliphatic heterocycles. The molecule has 0 saturated carbocycles. The molecule has 0 aromatic carbocycles. The summed E-state index contributed by atoms with van der Waals surface area (Å²) < 4.78 is 1.54. The molecular weight excluding hydrogens is 388 g/mol. The van der Waals surface area contributed by atoms with Crippen LogP contribution in [-0.2, 0) is 0 Å². The second kappa shape index (κ2) is 9.67. The second-order valence-corrected chi connectivity index (χ2v) is 8.91. The lowest BCUT2D eigenvalue weighted by Crippen LogP contribution is -2.36. The molecule has 4 rings (SSSR count). The zero-order valence-corrected chi connectivity index (χ0v) is 17.8. The van der Waals surface area contributed by atoms with Crippen LogP contribution in [-0.4, -0.2) is 64.7 Å². The Labute approximate surface area is 174 Å². The third kappa shape index (κ3) is 5.14. The predicted octanol–water partition coefficient (Wildman–Crippen LogP) is 2.14. The van der Waals surface area contributed by atoms with Crippen LogP contribution in [0.3, 0.4) is 0 Å². The van der Waals surface area contributed by atoms with Gasteiger partial charge < -0.3 is 15.1 Å². The lowest BCUT2D eigenvalue weighted by Gasteiger charge is -2.19. The second-order valence-electron chi connectivity index (χ2n) is 7.97. The highest BCUT2D eigenvalue weighted by atomic mass is 32.1. The molecule has 0 radical (unpaired) electrons. The molecule has 2 fully saturated rings. The van der Waals surface area contributed by atoms with E-state index >= 15 is 0 Å². The Bertz CT molecular complexity index is 879. The molecule has 2 aromatic heterocycles. The summed E-state index contributed by atoms with van der Waals surface area (Å²) in [5.74, 6) is -0.262. The summed E-state index contributed by atoms with van der Waals surface area (Å²) in [7, 11) is 0. The Morgan fingerprint density at radius 3 is 2.34 bits per heavy atom. The lowest BCUT2D eigenvalue weighted by molar-refractivity contribution is 0.0941. The normalized spacial score (nSPS) is 19.1. The first-order valence-corrected chi connectivity index (χ1v) is 11.7. The zero-order valence-electron chi connectivity index (χ0n) is 16.9. The summed E-state index contributed by atoms with van der Waals surface area (Å²) in [5.41, 5.74) is -0.123. The average molecular weight is 419 g/mol. The number of anilines is 1. The van der Waals surface area contributed by atoms with Crippen molar-refractivity contribution in [2.24, 2.45) is 0 Å². The third-order valence-corrected chi connectivity index (χ3v) is 6.73. The van der Waals surface area contributed by atoms with E-state index in [2.05, 4.69) is 25.2 Å². The van der Waals surface area contributed by atoms with Crippen LogP contribution in [0.4, 0.5) is 5.13 Å². The highest BCUT2D eigenvalue weighted by molar-refractivity contribution is 7.20. The Balaban J connectivity index is 1.46. The van der Waals surface area contributed by atoms with Crippen molar-refractivity contribution < 1.29 is 4.79 Å². The molecule has 158 valence electrons. The number of nitrogens with zero attached hydrogens (tertiary/aromatic N) is 5. The van der Waals surface area contributed by atoms with Crippen LogP contribution < -0.4 is 15.8 Å². The SMILES string of the molecule is O=C(NCCN1CCCCCC1)c1cc(=O)nc2sc(N3CCCCCC3)nn12. The summed E-state index contributed by atoms with van der Waals surface area (Å²) in [5, 5.41) is 8.44. The first-order valence-electron chi connectivity index (χ1n) is 10.9. The Morgan fingerprint density at radius 2 is 1.66 bits per heavy atom. The Hall–Kier alpha value is -2.00. The number of hydrogen-bond donors (Lipinski definition) is 1. The minimum absolute atomic E-state index is 0.262. The van der Waals surface area contributed by atoms with Gasteiger partial charge in [-0.2, -0.15) is 9.50 Å². The quantitative estimate of drug-likeness (QED) is 0.801. The van der Waals surface area contributed by atoms with Crippen molar-refractivity contribution in [1.82, 2.24) is 24.8 Å². The van der Waals surface area contributed by atoms with Gasteiger partial charge in [0.2, 0.25) is 10.1 Å². The van der Waals surface area contributed by atoms with Crippen molar-refractivity contribution in [3.8, 4) is 0 Å². The number of nitrogens with one attached hydrogen (secondary N) is 1. The smallest absolute Gasteiger partial charge is 0.274 e. The summed E-state index contributed by atoms with van der Waals surface area (Å²) in [6.07, 6.45) is 9.81. The van der Waals surface area contributed by atoms with Gasteiger partial charge in [-0.25, -0.2) is 0 Å². The van der Waals surface area contributed by atoms with Crippen molar-refractivity contribution in [3.63, 3.8) is 0 Å². The maximum atomic E-state index is 12.8. The fourth-order valence-corrected chi connectivity index (χ4v) is 5.09. The van der Waals surface area contributed by atoms with Crippen LogP contribution in [0, 0.1) is 0 Å². The van der Waals surface area contributed by atoms with Crippen LogP contribution in [0.15, 0.2) is 10.9 Å². The fraction of sp³-hybridized carbons (Fsp3) is 0.700. The highest BCUT2D eigenvalue weighted by Gasteiger charge is 2.19. The fourth-order valence-electron chi connectivity index (χ4n) is 4.13. The molecule has 0 aliphatic carbocycles. The molecule has 2 aromatic rings. The molecule has 0 atom stereocenters. The number of carbonyl (C=O) groups is 1. The molecule has 29 heavy (non-hydrogen) atoms. The topological polar surface area (TPSA) is 82.8 Å². The molecule has 2 saturated heterocycles. The molecule has 0 bridgehead atoms. The van der Waals surface area contributed by atoms with Crippen LogP contribution in [0.25, 0.3) is 4.96 Å². The summed E-state index contributed by atoms with van der Waals surface area (Å²) in [6, 6.07) is 1.29. The number of amides is 1. The van der Waals surface area contributed by atoms with Crippen LogP contribution >= 0.6 is 11.3 Å². The van der Waals surface area contributed by atoms with Gasteiger partial charge in [0.15, 0.2) is 0 Å². The first-order chi connectivity index (χ1) is 14.2. The monoisotopic (exact) mass is 418 g/mol. The summed E-state index contributed by atoms with van der Waals surface area (Å²) in [6.45, 7) is 5.52. The number of hydrogen-bond acceptors (Lipinski definition) is 7. The van der Waals surface area contributed by atoms with E-state index in [0.29, 0.717) is 11.5 Å². The number of fused-ring (bicyclic) bond motifs is 1. The minimum atomic E-state index is -0.395. The first kappa shape index (κ1) is 20.3. The van der Waals surface area contributed by atoms with Gasteiger partial charge in [0, 0.05) is 32.2 Å². The number of carbonyl (C=O) groups excluding carboxylic acids is 1. The van der Waals surface area contributed by atoms with Crippen molar-refractivity contribution in [2.75, 3.05) is 44.2 Å². The van der Waals surface area contributed by atoms with E-state index in [1.54, 1.807) is 0 Å². The average Bonchev–Trinajstić information content (AvgIpc) is 2.91. The predicted molar refractivity (Wildman–Crippen MR) is 115 cm³/mol. The minimum Gasteiger partial charge on any atom is -0.349 e. The van der Waals surface area contributed by atoms with Gasteiger partial charge in [-0.3, -0.25) is 9.59 Å². The van der Waals surface area contributed by atoms with E-state index in [0.717, 1.165) is 50.7 Å². The van der Waals surface area contributed by atoms with Crippen molar-refractivity contribution >= 4 is 27.3 Å². The van der Waals surface area contributed by atoms with Crippen LogP contribution in [0.2, 0.25) is 0 Å². The molecule has 1 amide bonds. The van der Waals surface area contributed by atoms with Gasteiger partial charge in [-0.1, -0.05) is 37.0 Å². The molecule has 0 unspecified atom stereocenters. The van der Waals surface area contributed by atoms with E-state index < -0.39 is 5.56 Å². The van der Waals surface area contributed by atoms with Gasteiger partial charge in [0.1, 0.15) is 5.69 Å². The van der Waals surface area contributed by atoms with Crippen molar-refractivity contribution in [1.29, 1.82) is 0 Å². The highest BCUT2D eigenvalue weighted by Crippen LogP contribution is 2.25. The van der Waals surface area contributed by atoms with Crippen molar-refractivity contribution in [3.05, 3.63) is 22.1 Å². The zero-order chi connectivity index (χ0) is 20.1. The maximum Gasteiger partial charge on any atom is 0.274 e. The molecule has 2 aliphatic rings. The lowest BCUT2D eigenvalue weighted by atomic mass is 10.2. The van der Waals surface area contributed by atoms with Gasteiger partial charge in [0.25, 0.3) is 11.5 Å². The summed E-state index contributed by atoms with van der Waals surface area (Å²) >= 11 is 1.39. The Morgan fingerprint density at radius 1 is 1.00 bits per heavy atom. The van der Waals surface area contributed by atoms with E-state index in [1.165, 1.54) is 60.4 Å². The van der Waals surface area contributed by atoms with Gasteiger partial charge in [-0.15, -0.1) is 5.10 Å². The standard InChI is InChI=1S/C20H30N6O2S/c27-17-15-16(18(28)21-9-14-24-10-5-1-2-6-11-24)26-19(22-17)29-20(23-26)25-12-7-3-4-8-13-25/h15H,1-14H2,(H,21,28). The van der Waals surface area contributed by atoms with Gasteiger partial charge in [0.05, 0.1) is 0 Å². The van der Waals surface area contributed by atoms with Gasteiger partial charge >= 0.3 is 0 Å². The molecule has 4 heterocycles. The number of rotatable bonds is 5. The van der Waals surface area contributed by atoms with Crippen molar-refractivity contribution in [2.45, 2.75) is 51.4 Å². The van der Waals surface area contributed by atoms with E-state index in [-0.39, 0.29) is 11.6 Å². The van der Waals surface area contributed by atoms with E-state index in [4.69, 9.17) is 0 Å². The van der Waals surface area contributed by atoms with Crippen LogP contribution in [0.1, 0.15) is 61.9 Å². The molecular formula is C20H30N6O2S. The van der Waals surface area contributed by atoms with E-state index in [1.807, 2.05) is 0 Å². The number of aromatic nitrogens is 3. The molecule has 8 nitrogen and oxygen atoms in total. The maximum absolute atomic E-state index is 12.8. The van der Waals surface area contributed by atoms with E-state index in [9.17, 15) is 9.59 Å². The Kier molecular flexibility index (Phi) is 6.76. The van der Waals surface area contributed by atoms with Gasteiger partial charge in [-0.05, 0) is 38.8 Å². The number of likely N-dealkylation sites (tertiary alicyclic amines) is 1. The third-order valence-electron chi connectivity index (χ3n) is 5.77.